The first-order valence-electron chi connectivity index (χ1n) is 6.72. The molecule has 0 bridgehead atoms. The zero-order valence-corrected chi connectivity index (χ0v) is 13.2. The SMILES string of the molecule is Cc1ccc(Cl)c(OC[C@H](O)CN(C)c2cnn(C)c2)c1. The normalized spacial score (nSPS) is 12.2. The van der Waals surface area contributed by atoms with Crippen LogP contribution in [0.3, 0.4) is 0 Å². The van der Waals surface area contributed by atoms with Crippen LogP contribution in [0.1, 0.15) is 5.56 Å². The van der Waals surface area contributed by atoms with Gasteiger partial charge in [-0.25, -0.2) is 0 Å². The van der Waals surface area contributed by atoms with E-state index in [1.54, 1.807) is 16.9 Å². The van der Waals surface area contributed by atoms with Crippen LogP contribution >= 0.6 is 11.6 Å². The van der Waals surface area contributed by atoms with E-state index < -0.39 is 6.10 Å². The molecular formula is C15H20ClN3O2. The van der Waals surface area contributed by atoms with Crippen molar-refractivity contribution in [3.05, 3.63) is 41.2 Å². The number of hydrogen-bond donors (Lipinski definition) is 1. The zero-order valence-electron chi connectivity index (χ0n) is 12.5. The van der Waals surface area contributed by atoms with Crippen molar-refractivity contribution >= 4 is 17.3 Å². The Labute approximate surface area is 129 Å². The van der Waals surface area contributed by atoms with E-state index in [0.717, 1.165) is 11.3 Å². The number of nitrogens with zero attached hydrogens (tertiary/aromatic N) is 3. The first-order chi connectivity index (χ1) is 9.95. The molecule has 114 valence electrons. The van der Waals surface area contributed by atoms with Crippen molar-refractivity contribution in [1.82, 2.24) is 9.78 Å². The predicted molar refractivity (Wildman–Crippen MR) is 84.2 cm³/mol. The van der Waals surface area contributed by atoms with Crippen molar-refractivity contribution < 1.29 is 9.84 Å². The molecule has 1 aromatic heterocycles. The van der Waals surface area contributed by atoms with Gasteiger partial charge in [0.1, 0.15) is 18.5 Å². The van der Waals surface area contributed by atoms with Crippen molar-refractivity contribution in [2.75, 3.05) is 25.1 Å². The molecule has 2 aromatic rings. The number of anilines is 1. The van der Waals surface area contributed by atoms with E-state index in [9.17, 15) is 5.11 Å². The summed E-state index contributed by atoms with van der Waals surface area (Å²) < 4.78 is 7.32. The van der Waals surface area contributed by atoms with Gasteiger partial charge in [-0.2, -0.15) is 5.10 Å². The highest BCUT2D eigenvalue weighted by Gasteiger charge is 2.12. The van der Waals surface area contributed by atoms with Crippen LogP contribution < -0.4 is 9.64 Å². The van der Waals surface area contributed by atoms with E-state index in [0.29, 0.717) is 17.3 Å². The van der Waals surface area contributed by atoms with Gasteiger partial charge in [-0.3, -0.25) is 4.68 Å². The van der Waals surface area contributed by atoms with Gasteiger partial charge in [-0.05, 0) is 24.6 Å². The number of aryl methyl sites for hydroxylation is 2. The average molecular weight is 310 g/mol. The highest BCUT2D eigenvalue weighted by molar-refractivity contribution is 6.32. The predicted octanol–water partition coefficient (Wildman–Crippen LogP) is 2.26. The largest absolute Gasteiger partial charge is 0.489 e. The van der Waals surface area contributed by atoms with Crippen LogP contribution in [0, 0.1) is 6.92 Å². The van der Waals surface area contributed by atoms with Crippen LogP contribution in [0.5, 0.6) is 5.75 Å². The number of aromatic nitrogens is 2. The first kappa shape index (κ1) is 15.7. The fourth-order valence-electron chi connectivity index (χ4n) is 1.99. The smallest absolute Gasteiger partial charge is 0.138 e. The highest BCUT2D eigenvalue weighted by Crippen LogP contribution is 2.25. The Balaban J connectivity index is 1.87. The van der Waals surface area contributed by atoms with Gasteiger partial charge in [-0.15, -0.1) is 0 Å². The van der Waals surface area contributed by atoms with Gasteiger partial charge in [0.2, 0.25) is 0 Å². The molecule has 6 heteroatoms. The highest BCUT2D eigenvalue weighted by atomic mass is 35.5. The quantitative estimate of drug-likeness (QED) is 0.889. The molecule has 0 saturated carbocycles. The third-order valence-electron chi connectivity index (χ3n) is 3.13. The first-order valence-corrected chi connectivity index (χ1v) is 7.10. The zero-order chi connectivity index (χ0) is 15.4. The topological polar surface area (TPSA) is 50.5 Å². The molecule has 2 rings (SSSR count). The fourth-order valence-corrected chi connectivity index (χ4v) is 2.16. The average Bonchev–Trinajstić information content (AvgIpc) is 2.86. The van der Waals surface area contributed by atoms with Gasteiger partial charge < -0.3 is 14.7 Å². The summed E-state index contributed by atoms with van der Waals surface area (Å²) in [6.07, 6.45) is 3.03. The molecule has 0 aliphatic rings. The van der Waals surface area contributed by atoms with Crippen LogP contribution in [0.25, 0.3) is 0 Å². The molecule has 1 N–H and O–H groups in total. The molecule has 0 aliphatic heterocycles. The number of aliphatic hydroxyl groups excluding tert-OH is 1. The molecule has 0 radical (unpaired) electrons. The van der Waals surface area contributed by atoms with Gasteiger partial charge >= 0.3 is 0 Å². The van der Waals surface area contributed by atoms with Gasteiger partial charge in [0.25, 0.3) is 0 Å². The van der Waals surface area contributed by atoms with E-state index >= 15 is 0 Å². The van der Waals surface area contributed by atoms with Crippen molar-refractivity contribution in [2.24, 2.45) is 7.05 Å². The van der Waals surface area contributed by atoms with Crippen LogP contribution in [0.15, 0.2) is 30.6 Å². The van der Waals surface area contributed by atoms with Crippen molar-refractivity contribution in [3.8, 4) is 5.75 Å². The summed E-state index contributed by atoms with van der Waals surface area (Å²) in [6.45, 7) is 2.61. The second-order valence-electron chi connectivity index (χ2n) is 5.15. The van der Waals surface area contributed by atoms with Crippen LogP contribution in [0.4, 0.5) is 5.69 Å². The minimum Gasteiger partial charge on any atom is -0.489 e. The maximum absolute atomic E-state index is 10.1. The van der Waals surface area contributed by atoms with Crippen molar-refractivity contribution in [3.63, 3.8) is 0 Å². The van der Waals surface area contributed by atoms with Gasteiger partial charge in [-0.1, -0.05) is 17.7 Å². The molecule has 0 aliphatic carbocycles. The number of ether oxygens (including phenoxy) is 1. The molecule has 1 heterocycles. The third kappa shape index (κ3) is 4.37. The Hall–Kier alpha value is -1.72. The lowest BCUT2D eigenvalue weighted by Gasteiger charge is -2.21. The number of benzene rings is 1. The Morgan fingerprint density at radius 2 is 2.24 bits per heavy atom. The molecule has 5 nitrogen and oxygen atoms in total. The molecule has 21 heavy (non-hydrogen) atoms. The number of likely N-dealkylation sites (N-methyl/N-ethyl adjacent to an activating group) is 1. The summed E-state index contributed by atoms with van der Waals surface area (Å²) in [5, 5.41) is 14.7. The number of rotatable bonds is 6. The standard InChI is InChI=1S/C15H20ClN3O2/c1-11-4-5-14(16)15(6-11)21-10-13(20)9-18(2)12-7-17-19(3)8-12/h4-8,13,20H,9-10H2,1-3H3/t13-/m1/s1. The second-order valence-corrected chi connectivity index (χ2v) is 5.56. The number of hydrogen-bond acceptors (Lipinski definition) is 4. The summed E-state index contributed by atoms with van der Waals surface area (Å²) in [4.78, 5) is 1.93. The van der Waals surface area contributed by atoms with Crippen molar-refractivity contribution in [2.45, 2.75) is 13.0 Å². The van der Waals surface area contributed by atoms with E-state index in [1.807, 2.05) is 44.2 Å². The molecule has 0 amide bonds. The molecule has 0 unspecified atom stereocenters. The maximum Gasteiger partial charge on any atom is 0.138 e. The molecule has 1 atom stereocenters. The lowest BCUT2D eigenvalue weighted by molar-refractivity contribution is 0.113. The summed E-state index contributed by atoms with van der Waals surface area (Å²) in [7, 11) is 3.76. The van der Waals surface area contributed by atoms with Crippen molar-refractivity contribution in [1.29, 1.82) is 0 Å². The van der Waals surface area contributed by atoms with E-state index in [1.165, 1.54) is 0 Å². The minimum absolute atomic E-state index is 0.188. The van der Waals surface area contributed by atoms with Crippen LogP contribution in [0.2, 0.25) is 5.02 Å². The maximum atomic E-state index is 10.1. The van der Waals surface area contributed by atoms with Crippen LogP contribution in [-0.2, 0) is 7.05 Å². The number of aliphatic hydroxyl groups is 1. The Morgan fingerprint density at radius 3 is 2.90 bits per heavy atom. The van der Waals surface area contributed by atoms with E-state index in [4.69, 9.17) is 16.3 Å². The second kappa shape index (κ2) is 6.83. The summed E-state index contributed by atoms with van der Waals surface area (Å²) in [5.41, 5.74) is 2.02. The van der Waals surface area contributed by atoms with Crippen LogP contribution in [-0.4, -0.2) is 41.2 Å². The lowest BCUT2D eigenvalue weighted by Crippen LogP contribution is -2.33. The molecule has 0 spiro atoms. The minimum atomic E-state index is -0.619. The Bertz CT molecular complexity index is 600. The third-order valence-corrected chi connectivity index (χ3v) is 3.45. The summed E-state index contributed by atoms with van der Waals surface area (Å²) in [5.74, 6) is 0.597. The summed E-state index contributed by atoms with van der Waals surface area (Å²) >= 11 is 6.06. The van der Waals surface area contributed by atoms with E-state index in [2.05, 4.69) is 5.10 Å². The lowest BCUT2D eigenvalue weighted by atomic mass is 10.2. The van der Waals surface area contributed by atoms with Gasteiger partial charge in [0.15, 0.2) is 0 Å². The number of halogens is 1. The van der Waals surface area contributed by atoms with Gasteiger partial charge in [0.05, 0.1) is 16.9 Å². The van der Waals surface area contributed by atoms with Gasteiger partial charge in [0, 0.05) is 26.8 Å². The molecular weight excluding hydrogens is 290 g/mol. The molecule has 1 aromatic carbocycles. The monoisotopic (exact) mass is 309 g/mol. The fraction of sp³-hybridized carbons (Fsp3) is 0.400. The Morgan fingerprint density at radius 1 is 1.48 bits per heavy atom. The van der Waals surface area contributed by atoms with E-state index in [-0.39, 0.29) is 6.61 Å². The molecule has 0 saturated heterocycles. The summed E-state index contributed by atoms with van der Waals surface area (Å²) in [6, 6.07) is 5.57. The molecule has 0 fully saturated rings. The Kier molecular flexibility index (Phi) is 5.09.